The van der Waals surface area contributed by atoms with E-state index in [1.54, 1.807) is 7.11 Å². The second-order valence-corrected chi connectivity index (χ2v) is 6.62. The highest BCUT2D eigenvalue weighted by Gasteiger charge is 2.35. The molecule has 0 saturated carbocycles. The van der Waals surface area contributed by atoms with E-state index in [9.17, 15) is 4.79 Å². The molecule has 1 N–H and O–H groups in total. The molecule has 4 nitrogen and oxygen atoms in total. The summed E-state index contributed by atoms with van der Waals surface area (Å²) >= 11 is 0. The van der Waals surface area contributed by atoms with Crippen molar-refractivity contribution in [1.29, 1.82) is 0 Å². The van der Waals surface area contributed by atoms with Crippen LogP contribution in [0.2, 0.25) is 0 Å². The van der Waals surface area contributed by atoms with E-state index in [-0.39, 0.29) is 24.4 Å². The Bertz CT molecular complexity index is 741. The van der Waals surface area contributed by atoms with Gasteiger partial charge in [0.15, 0.2) is 0 Å². The first-order chi connectivity index (χ1) is 11.2. The van der Waals surface area contributed by atoms with Gasteiger partial charge in [0.1, 0.15) is 5.75 Å². The van der Waals surface area contributed by atoms with Crippen molar-refractivity contribution >= 4 is 29.1 Å². The maximum atomic E-state index is 12.8. The number of piperidine rings is 3. The van der Waals surface area contributed by atoms with E-state index in [0.717, 1.165) is 17.3 Å². The lowest BCUT2D eigenvalue weighted by atomic mass is 9.84. The van der Waals surface area contributed by atoms with Crippen LogP contribution in [0.1, 0.15) is 23.2 Å². The summed E-state index contributed by atoms with van der Waals surface area (Å²) in [4.78, 5) is 15.2. The highest BCUT2D eigenvalue weighted by atomic mass is 35.5. The van der Waals surface area contributed by atoms with Crippen molar-refractivity contribution in [3.63, 3.8) is 0 Å². The van der Waals surface area contributed by atoms with Gasteiger partial charge in [-0.3, -0.25) is 4.79 Å². The van der Waals surface area contributed by atoms with Crippen molar-refractivity contribution in [3.05, 3.63) is 42.0 Å². The minimum Gasteiger partial charge on any atom is -0.496 e. The van der Waals surface area contributed by atoms with E-state index < -0.39 is 0 Å². The second-order valence-electron chi connectivity index (χ2n) is 6.62. The number of hydrogen-bond donors (Lipinski definition) is 1. The van der Waals surface area contributed by atoms with Gasteiger partial charge < -0.3 is 15.0 Å². The van der Waals surface area contributed by atoms with E-state index in [2.05, 4.69) is 10.2 Å². The van der Waals surface area contributed by atoms with Crippen molar-refractivity contribution in [2.24, 2.45) is 5.92 Å². The summed E-state index contributed by atoms with van der Waals surface area (Å²) in [5.41, 5.74) is 0.627. The van der Waals surface area contributed by atoms with Crippen LogP contribution in [-0.4, -0.2) is 43.6 Å². The van der Waals surface area contributed by atoms with Crippen LogP contribution in [0.15, 0.2) is 36.4 Å². The fraction of sp³-hybridized carbons (Fsp3) is 0.421. The minimum absolute atomic E-state index is 0. The predicted molar refractivity (Wildman–Crippen MR) is 98.2 cm³/mol. The number of hydrogen-bond acceptors (Lipinski definition) is 3. The number of rotatable bonds is 3. The number of halogens is 1. The van der Waals surface area contributed by atoms with Crippen molar-refractivity contribution in [2.45, 2.75) is 18.9 Å². The normalized spacial score (nSPS) is 25.1. The Morgan fingerprint density at radius 3 is 2.42 bits per heavy atom. The molecule has 2 aromatic rings. The van der Waals surface area contributed by atoms with E-state index in [4.69, 9.17) is 4.74 Å². The van der Waals surface area contributed by atoms with Crippen molar-refractivity contribution in [1.82, 2.24) is 10.2 Å². The summed E-state index contributed by atoms with van der Waals surface area (Å²) in [5, 5.41) is 5.39. The average Bonchev–Trinajstić information content (AvgIpc) is 2.61. The Morgan fingerprint density at radius 2 is 1.83 bits per heavy atom. The second kappa shape index (κ2) is 6.99. The van der Waals surface area contributed by atoms with E-state index in [0.29, 0.717) is 17.2 Å². The number of ether oxygens (including phenoxy) is 1. The lowest BCUT2D eigenvalue weighted by molar-refractivity contribution is 0.0619. The van der Waals surface area contributed by atoms with Crippen LogP contribution >= 0.6 is 12.4 Å². The molecule has 3 saturated heterocycles. The van der Waals surface area contributed by atoms with E-state index >= 15 is 0 Å². The van der Waals surface area contributed by atoms with Crippen LogP contribution in [0.3, 0.4) is 0 Å². The summed E-state index contributed by atoms with van der Waals surface area (Å²) in [7, 11) is 1.62. The van der Waals surface area contributed by atoms with Crippen molar-refractivity contribution in [3.8, 4) is 5.75 Å². The number of fused-ring (bicyclic) bond motifs is 4. The molecule has 3 aliphatic heterocycles. The van der Waals surface area contributed by atoms with Gasteiger partial charge in [-0.05, 0) is 54.8 Å². The lowest BCUT2D eigenvalue weighted by Crippen LogP contribution is -2.57. The third kappa shape index (κ3) is 3.08. The number of carbonyl (C=O) groups is 1. The van der Waals surface area contributed by atoms with Crippen molar-refractivity contribution < 1.29 is 9.53 Å². The average molecular weight is 347 g/mol. The Balaban J connectivity index is 0.00000169. The number of nitrogens with one attached hydrogen (secondary N) is 1. The molecule has 5 rings (SSSR count). The van der Waals surface area contributed by atoms with Crippen LogP contribution in [0.5, 0.6) is 5.75 Å². The van der Waals surface area contributed by atoms with Gasteiger partial charge >= 0.3 is 0 Å². The summed E-state index contributed by atoms with van der Waals surface area (Å²) in [6, 6.07) is 12.2. The highest BCUT2D eigenvalue weighted by Crippen LogP contribution is 2.29. The zero-order chi connectivity index (χ0) is 15.8. The van der Waals surface area contributed by atoms with Crippen LogP contribution in [0, 0.1) is 5.92 Å². The number of amides is 1. The fourth-order valence-corrected chi connectivity index (χ4v) is 3.94. The van der Waals surface area contributed by atoms with Gasteiger partial charge in [-0.2, -0.15) is 0 Å². The first-order valence-corrected chi connectivity index (χ1v) is 8.34. The van der Waals surface area contributed by atoms with Gasteiger partial charge in [0, 0.05) is 12.6 Å². The molecule has 2 bridgehead atoms. The van der Waals surface area contributed by atoms with E-state index in [1.807, 2.05) is 36.4 Å². The molecule has 128 valence electrons. The summed E-state index contributed by atoms with van der Waals surface area (Å²) in [5.74, 6) is 1.24. The first-order valence-electron chi connectivity index (χ1n) is 8.34. The molecule has 2 aromatic carbocycles. The number of benzene rings is 2. The Hall–Kier alpha value is -1.78. The standard InChI is InChI=1S/C19H22N2O2.ClH/c1-23-18-11-15-5-3-2-4-14(15)10-16(18)19(22)20-17-12-21-8-6-13(17)7-9-21;/h2-5,10-11,13,17H,6-9,12H2,1H3,(H,20,22);1H/t17-;/m0./s1. The molecule has 0 unspecified atom stereocenters. The molecule has 3 heterocycles. The van der Waals surface area contributed by atoms with Gasteiger partial charge in [-0.25, -0.2) is 0 Å². The third-order valence-corrected chi connectivity index (χ3v) is 5.29. The Morgan fingerprint density at radius 1 is 1.17 bits per heavy atom. The zero-order valence-corrected chi connectivity index (χ0v) is 14.6. The monoisotopic (exact) mass is 346 g/mol. The van der Waals surface area contributed by atoms with Crippen LogP contribution < -0.4 is 10.1 Å². The maximum absolute atomic E-state index is 12.8. The molecule has 0 aliphatic carbocycles. The van der Waals surface area contributed by atoms with Crippen LogP contribution in [-0.2, 0) is 0 Å². The van der Waals surface area contributed by atoms with Crippen molar-refractivity contribution in [2.75, 3.05) is 26.7 Å². The van der Waals surface area contributed by atoms with Gasteiger partial charge in [-0.1, -0.05) is 24.3 Å². The van der Waals surface area contributed by atoms with Gasteiger partial charge in [0.25, 0.3) is 5.91 Å². The van der Waals surface area contributed by atoms with Gasteiger partial charge in [-0.15, -0.1) is 12.4 Å². The molecule has 1 amide bonds. The predicted octanol–water partition coefficient (Wildman–Crippen LogP) is 3.09. The smallest absolute Gasteiger partial charge is 0.255 e. The van der Waals surface area contributed by atoms with E-state index in [1.165, 1.54) is 25.9 Å². The molecular formula is C19H23ClN2O2. The minimum atomic E-state index is -0.0219. The molecular weight excluding hydrogens is 324 g/mol. The number of methoxy groups -OCH3 is 1. The molecule has 0 spiro atoms. The summed E-state index contributed by atoms with van der Waals surface area (Å²) < 4.78 is 5.45. The molecule has 3 fully saturated rings. The Labute approximate surface area is 148 Å². The summed E-state index contributed by atoms with van der Waals surface area (Å²) in [6.07, 6.45) is 2.39. The number of carbonyl (C=O) groups excluding carboxylic acids is 1. The molecule has 24 heavy (non-hydrogen) atoms. The van der Waals surface area contributed by atoms with Crippen LogP contribution in [0.25, 0.3) is 10.8 Å². The zero-order valence-electron chi connectivity index (χ0n) is 13.8. The topological polar surface area (TPSA) is 41.6 Å². The first kappa shape index (κ1) is 17.1. The molecule has 3 aliphatic rings. The molecule has 0 radical (unpaired) electrons. The molecule has 5 heteroatoms. The van der Waals surface area contributed by atoms with Crippen LogP contribution in [0.4, 0.5) is 0 Å². The molecule has 1 atom stereocenters. The number of nitrogens with zero attached hydrogens (tertiary/aromatic N) is 1. The third-order valence-electron chi connectivity index (χ3n) is 5.29. The fourth-order valence-electron chi connectivity index (χ4n) is 3.94. The van der Waals surface area contributed by atoms with Gasteiger partial charge in [0.2, 0.25) is 0 Å². The largest absolute Gasteiger partial charge is 0.496 e. The SMILES string of the molecule is COc1cc2ccccc2cc1C(=O)N[C@H]1CN2CCC1CC2.Cl. The quantitative estimate of drug-likeness (QED) is 0.928. The van der Waals surface area contributed by atoms with Gasteiger partial charge in [0.05, 0.1) is 12.7 Å². The molecule has 0 aromatic heterocycles. The summed E-state index contributed by atoms with van der Waals surface area (Å²) in [6.45, 7) is 3.33. The Kier molecular flexibility index (Phi) is 4.97. The maximum Gasteiger partial charge on any atom is 0.255 e. The lowest BCUT2D eigenvalue weighted by Gasteiger charge is -2.44. The highest BCUT2D eigenvalue weighted by molar-refractivity contribution is 6.01.